The van der Waals surface area contributed by atoms with Crippen LogP contribution in [-0.4, -0.2) is 25.0 Å². The second-order valence-corrected chi connectivity index (χ2v) is 8.39. The third-order valence-corrected chi connectivity index (χ3v) is 5.90. The number of anilines is 1. The van der Waals surface area contributed by atoms with Gasteiger partial charge in [0.2, 0.25) is 0 Å². The standard InChI is InChI=1S/C23H29ClFN3O/c1-14(2)15(3)28-23(29)19-6-4-16(12-21(19)25)13-27-22-18-9-11-26-10-8-17(18)5-7-20(22)24/h4-7,12,14-15,26-27H,8-11,13H2,1-3H3,(H,28,29). The number of hydrogen-bond donors (Lipinski definition) is 3. The van der Waals surface area contributed by atoms with Crippen LogP contribution in [0.5, 0.6) is 0 Å². The Bertz CT molecular complexity index is 885. The summed E-state index contributed by atoms with van der Waals surface area (Å²) in [5.41, 5.74) is 4.26. The molecule has 0 aliphatic carbocycles. The molecule has 2 aromatic rings. The molecule has 2 aromatic carbocycles. The van der Waals surface area contributed by atoms with Gasteiger partial charge < -0.3 is 16.0 Å². The van der Waals surface area contributed by atoms with Gasteiger partial charge in [-0.2, -0.15) is 0 Å². The summed E-state index contributed by atoms with van der Waals surface area (Å²) in [6, 6.07) is 8.72. The lowest BCUT2D eigenvalue weighted by molar-refractivity contribution is 0.0926. The van der Waals surface area contributed by atoms with Crippen molar-refractivity contribution in [2.24, 2.45) is 5.92 Å². The number of benzene rings is 2. The molecule has 4 nitrogen and oxygen atoms in total. The van der Waals surface area contributed by atoms with Crippen LogP contribution in [-0.2, 0) is 19.4 Å². The zero-order valence-electron chi connectivity index (χ0n) is 17.2. The normalized spacial score (nSPS) is 14.8. The van der Waals surface area contributed by atoms with Crippen molar-refractivity contribution < 1.29 is 9.18 Å². The molecule has 29 heavy (non-hydrogen) atoms. The molecule has 0 fully saturated rings. The lowest BCUT2D eigenvalue weighted by atomic mass is 10.0. The summed E-state index contributed by atoms with van der Waals surface area (Å²) < 4.78 is 14.6. The maximum Gasteiger partial charge on any atom is 0.254 e. The quantitative estimate of drug-likeness (QED) is 0.646. The number of halogens is 2. The smallest absolute Gasteiger partial charge is 0.254 e. The predicted octanol–water partition coefficient (Wildman–Crippen LogP) is 4.55. The SMILES string of the molecule is CC(C)C(C)NC(=O)c1ccc(CNc2c(Cl)ccc3c2CCNCC3)cc1F. The van der Waals surface area contributed by atoms with Crippen molar-refractivity contribution in [2.75, 3.05) is 18.4 Å². The Kier molecular flexibility index (Phi) is 7.14. The van der Waals surface area contributed by atoms with E-state index in [1.54, 1.807) is 12.1 Å². The minimum atomic E-state index is -0.514. The Balaban J connectivity index is 1.72. The fraction of sp³-hybridized carbons (Fsp3) is 0.435. The fourth-order valence-electron chi connectivity index (χ4n) is 3.43. The van der Waals surface area contributed by atoms with Gasteiger partial charge in [0.1, 0.15) is 5.82 Å². The summed E-state index contributed by atoms with van der Waals surface area (Å²) in [6.07, 6.45) is 1.87. The minimum absolute atomic E-state index is 0.0202. The Morgan fingerprint density at radius 3 is 2.66 bits per heavy atom. The highest BCUT2D eigenvalue weighted by Gasteiger charge is 2.17. The Morgan fingerprint density at radius 1 is 1.17 bits per heavy atom. The van der Waals surface area contributed by atoms with Crippen LogP contribution >= 0.6 is 11.6 Å². The van der Waals surface area contributed by atoms with Crippen LogP contribution in [0.4, 0.5) is 10.1 Å². The van der Waals surface area contributed by atoms with Crippen molar-refractivity contribution in [3.8, 4) is 0 Å². The van der Waals surface area contributed by atoms with Gasteiger partial charge in [0, 0.05) is 12.6 Å². The van der Waals surface area contributed by atoms with Crippen molar-refractivity contribution >= 4 is 23.2 Å². The van der Waals surface area contributed by atoms with Gasteiger partial charge in [-0.1, -0.05) is 37.6 Å². The first-order valence-electron chi connectivity index (χ1n) is 10.2. The maximum atomic E-state index is 14.6. The lowest BCUT2D eigenvalue weighted by Gasteiger charge is -2.18. The number of carbonyl (C=O) groups is 1. The number of amides is 1. The first-order valence-corrected chi connectivity index (χ1v) is 10.6. The van der Waals surface area contributed by atoms with Crippen LogP contribution in [0.2, 0.25) is 5.02 Å². The van der Waals surface area contributed by atoms with Crippen molar-refractivity contribution in [2.45, 2.75) is 46.2 Å². The van der Waals surface area contributed by atoms with E-state index in [9.17, 15) is 9.18 Å². The molecule has 0 bridgehead atoms. The highest BCUT2D eigenvalue weighted by atomic mass is 35.5. The average molecular weight is 418 g/mol. The van der Waals surface area contributed by atoms with E-state index < -0.39 is 5.82 Å². The molecule has 1 aliphatic rings. The van der Waals surface area contributed by atoms with Gasteiger partial charge in [0.25, 0.3) is 5.91 Å². The van der Waals surface area contributed by atoms with Crippen molar-refractivity contribution in [3.05, 3.63) is 63.4 Å². The van der Waals surface area contributed by atoms with Crippen LogP contribution in [0.1, 0.15) is 47.8 Å². The first-order chi connectivity index (χ1) is 13.9. The summed E-state index contributed by atoms with van der Waals surface area (Å²) >= 11 is 6.44. The van der Waals surface area contributed by atoms with Crippen LogP contribution in [0, 0.1) is 11.7 Å². The molecule has 1 unspecified atom stereocenters. The molecule has 6 heteroatoms. The van der Waals surface area contributed by atoms with Gasteiger partial charge >= 0.3 is 0 Å². The molecule has 3 N–H and O–H groups in total. The predicted molar refractivity (Wildman–Crippen MR) is 117 cm³/mol. The Labute approximate surface area is 177 Å². The van der Waals surface area contributed by atoms with Crippen molar-refractivity contribution in [3.63, 3.8) is 0 Å². The second-order valence-electron chi connectivity index (χ2n) is 7.98. The molecule has 0 radical (unpaired) electrons. The summed E-state index contributed by atoms with van der Waals surface area (Å²) in [5, 5.41) is 10.3. The fourth-order valence-corrected chi connectivity index (χ4v) is 3.67. The van der Waals surface area contributed by atoms with Gasteiger partial charge in [0.05, 0.1) is 16.3 Å². The van der Waals surface area contributed by atoms with Gasteiger partial charge in [-0.05, 0) is 73.7 Å². The van der Waals surface area contributed by atoms with Crippen molar-refractivity contribution in [1.29, 1.82) is 0 Å². The van der Waals surface area contributed by atoms with Crippen LogP contribution in [0.25, 0.3) is 0 Å². The highest BCUT2D eigenvalue weighted by molar-refractivity contribution is 6.33. The Hall–Kier alpha value is -2.11. The van der Waals surface area contributed by atoms with E-state index in [0.717, 1.165) is 37.2 Å². The molecular formula is C23H29ClFN3O. The maximum absolute atomic E-state index is 14.6. The third-order valence-electron chi connectivity index (χ3n) is 5.59. The van der Waals surface area contributed by atoms with Gasteiger partial charge in [0.15, 0.2) is 0 Å². The molecular weight excluding hydrogens is 389 g/mol. The molecule has 1 heterocycles. The van der Waals surface area contributed by atoms with E-state index >= 15 is 0 Å². The number of fused-ring (bicyclic) bond motifs is 1. The molecule has 0 saturated carbocycles. The number of rotatable bonds is 6. The molecule has 1 amide bonds. The van der Waals surface area contributed by atoms with E-state index in [0.29, 0.717) is 11.6 Å². The van der Waals surface area contributed by atoms with Crippen molar-refractivity contribution in [1.82, 2.24) is 10.6 Å². The first kappa shape index (κ1) is 21.6. The van der Waals surface area contributed by atoms with E-state index in [1.165, 1.54) is 17.2 Å². The molecule has 0 saturated heterocycles. The lowest BCUT2D eigenvalue weighted by Crippen LogP contribution is -2.36. The topological polar surface area (TPSA) is 53.2 Å². The van der Waals surface area contributed by atoms with Gasteiger partial charge in [-0.25, -0.2) is 4.39 Å². The van der Waals surface area contributed by atoms with Gasteiger partial charge in [-0.15, -0.1) is 0 Å². The Morgan fingerprint density at radius 2 is 1.93 bits per heavy atom. The average Bonchev–Trinajstić information content (AvgIpc) is 2.92. The summed E-state index contributed by atoms with van der Waals surface area (Å²) in [7, 11) is 0. The summed E-state index contributed by atoms with van der Waals surface area (Å²) in [6.45, 7) is 8.25. The summed E-state index contributed by atoms with van der Waals surface area (Å²) in [5.74, 6) is -0.612. The monoisotopic (exact) mass is 417 g/mol. The van der Waals surface area contributed by atoms with Crippen LogP contribution in [0.3, 0.4) is 0 Å². The van der Waals surface area contributed by atoms with E-state index in [-0.39, 0.29) is 23.4 Å². The highest BCUT2D eigenvalue weighted by Crippen LogP contribution is 2.31. The molecule has 156 valence electrons. The van der Waals surface area contributed by atoms with Gasteiger partial charge in [-0.3, -0.25) is 4.79 Å². The molecule has 0 aromatic heterocycles. The second kappa shape index (κ2) is 9.59. The molecule has 3 rings (SSSR count). The number of hydrogen-bond acceptors (Lipinski definition) is 3. The largest absolute Gasteiger partial charge is 0.380 e. The molecule has 1 atom stereocenters. The zero-order valence-corrected chi connectivity index (χ0v) is 18.0. The van der Waals surface area contributed by atoms with Crippen LogP contribution in [0.15, 0.2) is 30.3 Å². The molecule has 0 spiro atoms. The van der Waals surface area contributed by atoms with E-state index in [4.69, 9.17) is 11.6 Å². The molecule has 1 aliphatic heterocycles. The number of carbonyl (C=O) groups excluding carboxylic acids is 1. The number of nitrogens with one attached hydrogen (secondary N) is 3. The van der Waals surface area contributed by atoms with E-state index in [1.807, 2.05) is 26.8 Å². The minimum Gasteiger partial charge on any atom is -0.380 e. The van der Waals surface area contributed by atoms with Crippen LogP contribution < -0.4 is 16.0 Å². The van der Waals surface area contributed by atoms with E-state index in [2.05, 4.69) is 22.0 Å². The zero-order chi connectivity index (χ0) is 21.0. The third kappa shape index (κ3) is 5.28. The summed E-state index contributed by atoms with van der Waals surface area (Å²) in [4.78, 5) is 12.3.